The lowest BCUT2D eigenvalue weighted by Crippen LogP contribution is -2.60. The molecule has 4 amide bonds. The van der Waals surface area contributed by atoms with Gasteiger partial charge in [0, 0.05) is 42.1 Å². The predicted octanol–water partition coefficient (Wildman–Crippen LogP) is 0.770. The van der Waals surface area contributed by atoms with Gasteiger partial charge in [-0.2, -0.15) is 25.3 Å². The number of carboxylic acids is 1. The summed E-state index contributed by atoms with van der Waals surface area (Å²) in [5, 5.41) is 20.6. The molecule has 266 valence electrons. The molecule has 0 aliphatic carbocycles. The first-order valence-corrected chi connectivity index (χ1v) is 18.0. The van der Waals surface area contributed by atoms with Gasteiger partial charge < -0.3 is 31.3 Å². The third-order valence-corrected chi connectivity index (χ3v) is 9.46. The number of fused-ring (bicyclic) bond motifs is 1. The van der Waals surface area contributed by atoms with Crippen molar-refractivity contribution in [2.45, 2.75) is 63.2 Å². The lowest BCUT2D eigenvalue weighted by atomic mass is 10.00. The number of thiol groups is 2. The molecule has 17 heteroatoms. The number of anilines is 1. The average Bonchev–Trinajstić information content (AvgIpc) is 3.02. The van der Waals surface area contributed by atoms with Gasteiger partial charge in [0.15, 0.2) is 0 Å². The lowest BCUT2D eigenvalue weighted by Gasteiger charge is -2.27. The zero-order valence-corrected chi connectivity index (χ0v) is 30.4. The molecular formula is C31H46N6O8S3. The van der Waals surface area contributed by atoms with Crippen molar-refractivity contribution in [3.05, 3.63) is 36.4 Å². The summed E-state index contributed by atoms with van der Waals surface area (Å²) in [6.07, 6.45) is 0.189. The minimum Gasteiger partial charge on any atom is -0.480 e. The summed E-state index contributed by atoms with van der Waals surface area (Å²) in [7, 11) is -0.464. The Kier molecular flexibility index (Phi) is 15.5. The highest BCUT2D eigenvalue weighted by Gasteiger charge is 2.32. The Morgan fingerprint density at radius 1 is 0.771 bits per heavy atom. The number of hydrogen-bond donors (Lipinski definition) is 8. The first kappa shape index (κ1) is 40.6. The number of rotatable bonds is 18. The van der Waals surface area contributed by atoms with Gasteiger partial charge in [-0.25, -0.2) is 17.9 Å². The monoisotopic (exact) mass is 726 g/mol. The summed E-state index contributed by atoms with van der Waals surface area (Å²) in [6, 6.07) is 5.33. The van der Waals surface area contributed by atoms with Gasteiger partial charge in [-0.3, -0.25) is 19.2 Å². The fourth-order valence-corrected chi connectivity index (χ4v) is 6.49. The third-order valence-electron chi connectivity index (χ3n) is 7.27. The first-order chi connectivity index (χ1) is 22.4. The van der Waals surface area contributed by atoms with Gasteiger partial charge in [0.05, 0.1) is 11.4 Å². The average molecular weight is 727 g/mol. The number of amides is 4. The molecule has 0 aliphatic rings. The van der Waals surface area contributed by atoms with Crippen LogP contribution in [0.5, 0.6) is 0 Å². The smallest absolute Gasteiger partial charge is 0.326 e. The number of carbonyl (C=O) groups excluding carboxylic acids is 4. The van der Waals surface area contributed by atoms with Crippen molar-refractivity contribution >= 4 is 81.3 Å². The van der Waals surface area contributed by atoms with Crippen molar-refractivity contribution in [3.63, 3.8) is 0 Å². The van der Waals surface area contributed by atoms with Crippen LogP contribution in [0.3, 0.4) is 0 Å². The molecule has 0 bridgehead atoms. The summed E-state index contributed by atoms with van der Waals surface area (Å²) in [6.45, 7) is 6.28. The molecule has 48 heavy (non-hydrogen) atoms. The van der Waals surface area contributed by atoms with E-state index in [9.17, 15) is 37.5 Å². The second-order valence-electron chi connectivity index (χ2n) is 12.2. The summed E-state index contributed by atoms with van der Waals surface area (Å²) in [4.78, 5) is 65.3. The highest BCUT2D eigenvalue weighted by molar-refractivity contribution is 7.89. The molecule has 2 aromatic rings. The summed E-state index contributed by atoms with van der Waals surface area (Å²) in [5.74, 6) is -5.08. The zero-order chi connectivity index (χ0) is 36.3. The number of benzene rings is 2. The van der Waals surface area contributed by atoms with Gasteiger partial charge in [-0.15, -0.1) is 0 Å². The van der Waals surface area contributed by atoms with Crippen LogP contribution in [-0.2, 0) is 34.0 Å². The largest absolute Gasteiger partial charge is 0.480 e. The fraction of sp³-hybridized carbons (Fsp3) is 0.516. The Labute approximate surface area is 292 Å². The number of sulfonamides is 1. The maximum absolute atomic E-state index is 13.2. The van der Waals surface area contributed by atoms with Crippen molar-refractivity contribution in [3.8, 4) is 0 Å². The van der Waals surface area contributed by atoms with Gasteiger partial charge in [0.1, 0.15) is 24.2 Å². The van der Waals surface area contributed by atoms with E-state index in [1.807, 2.05) is 38.9 Å². The van der Waals surface area contributed by atoms with E-state index >= 15 is 0 Å². The van der Waals surface area contributed by atoms with Crippen LogP contribution in [0.25, 0.3) is 10.8 Å². The molecule has 0 aromatic heterocycles. The Balaban J connectivity index is 2.07. The van der Waals surface area contributed by atoms with Crippen LogP contribution in [0.4, 0.5) is 5.69 Å². The Morgan fingerprint density at radius 2 is 1.31 bits per heavy atom. The second kappa shape index (κ2) is 18.3. The highest BCUT2D eigenvalue weighted by Crippen LogP contribution is 2.30. The standard InChI is InChI=1S/C31H46N6O8S3/c1-17(2)13-21(31(42)43)34-30(41)27(18(3)4)36-29(40)23(16-47)35-28(39)22(15-46)33-26(38)14-32-48(44,45)25-12-8-9-19-20(25)10-7-11-24(19)37(5)6/h7-12,17-18,21-23,27,32,46-47H,13-16H2,1-6H3,(H,33,38)(H,34,41)(H,35,39)(H,36,40)(H,42,43)/t21-,22-,23-,27-/m0/s1. The van der Waals surface area contributed by atoms with Crippen LogP contribution in [-0.4, -0.2) is 99.4 Å². The Bertz CT molecular complexity index is 1590. The molecule has 6 N–H and O–H groups in total. The van der Waals surface area contributed by atoms with Crippen LogP contribution < -0.4 is 30.9 Å². The number of carbonyl (C=O) groups is 5. The SMILES string of the molecule is CC(C)C[C@H](NC(=O)[C@@H](NC(=O)[C@H](CS)NC(=O)[C@H](CS)NC(=O)CNS(=O)(=O)c1cccc2c(N(C)C)cccc12)C(C)C)C(=O)O. The molecular weight excluding hydrogens is 681 g/mol. The molecule has 2 rings (SSSR count). The maximum Gasteiger partial charge on any atom is 0.326 e. The molecule has 0 aliphatic heterocycles. The number of nitrogens with one attached hydrogen (secondary N) is 5. The van der Waals surface area contributed by atoms with Crippen LogP contribution in [0.1, 0.15) is 34.1 Å². The summed E-state index contributed by atoms with van der Waals surface area (Å²) >= 11 is 8.27. The minimum atomic E-state index is -4.14. The van der Waals surface area contributed by atoms with E-state index in [0.717, 1.165) is 5.69 Å². The molecule has 14 nitrogen and oxygen atoms in total. The van der Waals surface area contributed by atoms with Crippen molar-refractivity contribution in [1.82, 2.24) is 26.0 Å². The van der Waals surface area contributed by atoms with E-state index in [0.29, 0.717) is 10.8 Å². The molecule has 4 atom stereocenters. The normalized spacial score (nSPS) is 14.1. The predicted molar refractivity (Wildman–Crippen MR) is 191 cm³/mol. The lowest BCUT2D eigenvalue weighted by molar-refractivity contribution is -0.143. The van der Waals surface area contributed by atoms with Gasteiger partial charge in [0.2, 0.25) is 33.7 Å². The second-order valence-corrected chi connectivity index (χ2v) is 14.6. The van der Waals surface area contributed by atoms with Gasteiger partial charge >= 0.3 is 5.97 Å². The fourth-order valence-electron chi connectivity index (χ4n) is 4.78. The highest BCUT2D eigenvalue weighted by atomic mass is 32.2. The molecule has 0 fully saturated rings. The van der Waals surface area contributed by atoms with E-state index in [4.69, 9.17) is 0 Å². The molecule has 0 saturated carbocycles. The molecule has 2 aromatic carbocycles. The van der Waals surface area contributed by atoms with Crippen molar-refractivity contribution < 1.29 is 37.5 Å². The first-order valence-electron chi connectivity index (χ1n) is 15.3. The van der Waals surface area contributed by atoms with Crippen molar-refractivity contribution in [1.29, 1.82) is 0 Å². The van der Waals surface area contributed by atoms with E-state index in [1.165, 1.54) is 6.07 Å². The van der Waals surface area contributed by atoms with Crippen LogP contribution >= 0.6 is 25.3 Å². The summed E-state index contributed by atoms with van der Waals surface area (Å²) in [5.41, 5.74) is 0.814. The topological polar surface area (TPSA) is 203 Å². The quantitative estimate of drug-likeness (QED) is 0.102. The van der Waals surface area contributed by atoms with Gasteiger partial charge in [0.25, 0.3) is 0 Å². The van der Waals surface area contributed by atoms with Crippen LogP contribution in [0.15, 0.2) is 41.3 Å². The van der Waals surface area contributed by atoms with Crippen LogP contribution in [0.2, 0.25) is 0 Å². The maximum atomic E-state index is 13.2. The minimum absolute atomic E-state index is 0.0106. The molecule has 0 saturated heterocycles. The molecule has 0 radical (unpaired) electrons. The third kappa shape index (κ3) is 11.3. The van der Waals surface area contributed by atoms with Crippen molar-refractivity contribution in [2.24, 2.45) is 11.8 Å². The van der Waals surface area contributed by atoms with E-state index in [1.54, 1.807) is 38.1 Å². The van der Waals surface area contributed by atoms with Gasteiger partial charge in [-0.1, -0.05) is 52.0 Å². The Morgan fingerprint density at radius 3 is 1.85 bits per heavy atom. The number of carboxylic acid groups (broad SMARTS) is 1. The van der Waals surface area contributed by atoms with E-state index in [-0.39, 0.29) is 28.7 Å². The number of nitrogens with zero attached hydrogens (tertiary/aromatic N) is 1. The van der Waals surface area contributed by atoms with E-state index in [2.05, 4.69) is 51.2 Å². The Hall–Kier alpha value is -3.54. The van der Waals surface area contributed by atoms with Gasteiger partial charge in [-0.05, 0) is 30.4 Å². The molecule has 0 heterocycles. The molecule has 0 spiro atoms. The number of aliphatic carboxylic acids is 1. The van der Waals surface area contributed by atoms with Crippen molar-refractivity contribution in [2.75, 3.05) is 37.0 Å². The van der Waals surface area contributed by atoms with E-state index < -0.39 is 76.3 Å². The molecule has 0 unspecified atom stereocenters. The number of hydrogen-bond acceptors (Lipinski definition) is 10. The zero-order valence-electron chi connectivity index (χ0n) is 27.8. The van der Waals surface area contributed by atoms with Crippen LogP contribution in [0, 0.1) is 11.8 Å². The summed E-state index contributed by atoms with van der Waals surface area (Å²) < 4.78 is 28.7.